The SMILES string of the molecule is C=C\C=C/C=C\C(=C(\C(=C/C)c1ccccc1)N1C(=C)/C=C\C=C/C(C)N(c2ccccc2)c2ccccc2CC1=C)N(C)C(=NC(=N)c1ccc(-c2ccccc2)cc1)c1ccc(-c2ccccc2)cc1. The number of allylic oxidation sites excluding steroid dienone is 11. The molecule has 1 atom stereocenters. The van der Waals surface area contributed by atoms with Crippen LogP contribution in [0.25, 0.3) is 27.8 Å². The van der Waals surface area contributed by atoms with Crippen LogP contribution in [0, 0.1) is 5.41 Å². The fourth-order valence-corrected chi connectivity index (χ4v) is 9.01. The van der Waals surface area contributed by atoms with Gasteiger partial charge < -0.3 is 14.7 Å². The number of aliphatic imine (C=N–C) groups is 1. The van der Waals surface area contributed by atoms with E-state index in [0.29, 0.717) is 17.8 Å². The van der Waals surface area contributed by atoms with Crippen molar-refractivity contribution in [1.29, 1.82) is 5.41 Å². The van der Waals surface area contributed by atoms with Gasteiger partial charge in [-0.1, -0.05) is 244 Å². The zero-order valence-electron chi connectivity index (χ0n) is 41.4. The molecule has 0 fully saturated rings. The van der Waals surface area contributed by atoms with Crippen molar-refractivity contribution in [3.05, 3.63) is 320 Å². The first-order valence-corrected chi connectivity index (χ1v) is 24.3. The molecule has 72 heavy (non-hydrogen) atoms. The molecule has 354 valence electrons. The van der Waals surface area contributed by atoms with E-state index in [2.05, 4.69) is 223 Å². The van der Waals surface area contributed by atoms with Crippen molar-refractivity contribution in [2.45, 2.75) is 26.3 Å². The van der Waals surface area contributed by atoms with E-state index in [4.69, 9.17) is 18.2 Å². The fourth-order valence-electron chi connectivity index (χ4n) is 9.01. The number of para-hydroxylation sites is 2. The number of fused-ring (bicyclic) bond motifs is 1. The summed E-state index contributed by atoms with van der Waals surface area (Å²) in [5.74, 6) is 0.694. The van der Waals surface area contributed by atoms with Crippen molar-refractivity contribution in [2.75, 3.05) is 11.9 Å². The number of anilines is 2. The van der Waals surface area contributed by atoms with Crippen molar-refractivity contribution < 1.29 is 0 Å². The van der Waals surface area contributed by atoms with Crippen molar-refractivity contribution >= 4 is 28.6 Å². The van der Waals surface area contributed by atoms with Gasteiger partial charge in [-0.2, -0.15) is 0 Å². The zero-order valence-corrected chi connectivity index (χ0v) is 41.4. The lowest BCUT2D eigenvalue weighted by atomic mass is 9.96. The number of benzene rings is 7. The van der Waals surface area contributed by atoms with Gasteiger partial charge in [-0.05, 0) is 77.6 Å². The topological polar surface area (TPSA) is 45.9 Å². The van der Waals surface area contributed by atoms with Crippen LogP contribution in [0.2, 0.25) is 0 Å². The molecule has 1 N–H and O–H groups in total. The largest absolute Gasteiger partial charge is 0.335 e. The number of likely N-dealkylation sites (N-methyl/N-ethyl adjacent to an activating group) is 1. The Morgan fingerprint density at radius 2 is 1.17 bits per heavy atom. The number of rotatable bonds is 12. The highest BCUT2D eigenvalue weighted by Crippen LogP contribution is 2.39. The summed E-state index contributed by atoms with van der Waals surface area (Å²) in [6, 6.07) is 66.7. The number of amidine groups is 2. The van der Waals surface area contributed by atoms with Crippen LogP contribution in [-0.4, -0.2) is 34.6 Å². The van der Waals surface area contributed by atoms with E-state index in [1.54, 1.807) is 6.08 Å². The maximum Gasteiger partial charge on any atom is 0.154 e. The molecule has 0 radical (unpaired) electrons. The lowest BCUT2D eigenvalue weighted by molar-refractivity contribution is 0.519. The first-order valence-electron chi connectivity index (χ1n) is 24.3. The molecule has 0 aliphatic carbocycles. The van der Waals surface area contributed by atoms with Gasteiger partial charge in [-0.15, -0.1) is 0 Å². The summed E-state index contributed by atoms with van der Waals surface area (Å²) in [7, 11) is 2.03. The lowest BCUT2D eigenvalue weighted by Gasteiger charge is -2.37. The maximum atomic E-state index is 9.67. The predicted octanol–water partition coefficient (Wildman–Crippen LogP) is 16.6. The van der Waals surface area contributed by atoms with Crippen molar-refractivity contribution in [2.24, 2.45) is 4.99 Å². The number of hydrogen-bond acceptors (Lipinski definition) is 3. The summed E-state index contributed by atoms with van der Waals surface area (Å²) in [5.41, 5.74) is 14.3. The van der Waals surface area contributed by atoms with Crippen LogP contribution >= 0.6 is 0 Å². The second-order valence-electron chi connectivity index (χ2n) is 17.4. The lowest BCUT2D eigenvalue weighted by Crippen LogP contribution is -2.33. The molecule has 7 aromatic rings. The highest BCUT2D eigenvalue weighted by molar-refractivity contribution is 6.11. The first-order chi connectivity index (χ1) is 35.2. The molecule has 1 aliphatic heterocycles. The van der Waals surface area contributed by atoms with Gasteiger partial charge in [0.2, 0.25) is 0 Å². The standard InChI is InChI=1S/C67H61N5/c1-7-9-10-23-40-64(70(6)67(59-47-43-56(44-48-59)54-32-17-12-18-33-54)69-66(68)58-45-41-55(42-46-58)53-30-15-11-16-31-53)65(62(8-2)57-34-19-13-20-35-57)71-50(3)28-24-25-29-51(4)72(61-37-21-14-22-38-61)63-39-27-26-36-60(63)49-52(71)5/h7-48,51,68H,1,3,5,49H2,2,4,6H3/b10-9-,28-24-,29-25-,40-23-,62-8-,65-64+,68-66?,69-67?. The Balaban J connectivity index is 1.36. The molecule has 1 heterocycles. The van der Waals surface area contributed by atoms with Crippen LogP contribution in [0.4, 0.5) is 11.4 Å². The fraction of sp³-hybridized carbons (Fsp3) is 0.0746. The Labute approximate surface area is 427 Å². The summed E-state index contributed by atoms with van der Waals surface area (Å²) in [6.45, 7) is 18.0. The first kappa shape index (κ1) is 49.4. The highest BCUT2D eigenvalue weighted by atomic mass is 15.2. The molecule has 1 aliphatic rings. The van der Waals surface area contributed by atoms with Gasteiger partial charge in [0, 0.05) is 59.0 Å². The van der Waals surface area contributed by atoms with E-state index in [-0.39, 0.29) is 11.9 Å². The molecule has 0 saturated heterocycles. The monoisotopic (exact) mass is 935 g/mol. The number of nitrogens with zero attached hydrogens (tertiary/aromatic N) is 4. The smallest absolute Gasteiger partial charge is 0.154 e. The van der Waals surface area contributed by atoms with Crippen LogP contribution < -0.4 is 4.90 Å². The van der Waals surface area contributed by atoms with Crippen molar-refractivity contribution in [3.63, 3.8) is 0 Å². The third-order valence-electron chi connectivity index (χ3n) is 12.6. The molecule has 5 heteroatoms. The molecule has 0 spiro atoms. The molecule has 5 nitrogen and oxygen atoms in total. The third-order valence-corrected chi connectivity index (χ3v) is 12.6. The molecule has 1 unspecified atom stereocenters. The Bertz CT molecular complexity index is 3230. The van der Waals surface area contributed by atoms with Gasteiger partial charge in [0.1, 0.15) is 5.84 Å². The van der Waals surface area contributed by atoms with E-state index in [1.165, 1.54) is 0 Å². The van der Waals surface area contributed by atoms with Gasteiger partial charge in [0.05, 0.1) is 11.4 Å². The van der Waals surface area contributed by atoms with Gasteiger partial charge in [-0.25, -0.2) is 4.99 Å². The number of nitrogens with one attached hydrogen (secondary N) is 1. The normalized spacial score (nSPS) is 15.8. The predicted molar refractivity (Wildman–Crippen MR) is 307 cm³/mol. The Morgan fingerprint density at radius 1 is 0.625 bits per heavy atom. The van der Waals surface area contributed by atoms with Crippen LogP contribution in [0.1, 0.15) is 36.1 Å². The van der Waals surface area contributed by atoms with Crippen LogP contribution in [0.15, 0.2) is 302 Å². The molecule has 7 aromatic carbocycles. The maximum absolute atomic E-state index is 9.67. The molecule has 0 amide bonds. The van der Waals surface area contributed by atoms with Gasteiger partial charge in [0.15, 0.2) is 5.84 Å². The van der Waals surface area contributed by atoms with E-state index in [0.717, 1.165) is 78.7 Å². The average Bonchev–Trinajstić information content (AvgIpc) is 3.42. The van der Waals surface area contributed by atoms with Gasteiger partial charge >= 0.3 is 0 Å². The van der Waals surface area contributed by atoms with Crippen molar-refractivity contribution in [1.82, 2.24) is 9.80 Å². The molecule has 0 bridgehead atoms. The minimum absolute atomic E-state index is 0.0347. The second-order valence-corrected chi connectivity index (χ2v) is 17.4. The van der Waals surface area contributed by atoms with Gasteiger partial charge in [0.25, 0.3) is 0 Å². The Morgan fingerprint density at radius 3 is 1.76 bits per heavy atom. The quantitative estimate of drug-likeness (QED) is 0.0754. The molecular weight excluding hydrogens is 875 g/mol. The minimum Gasteiger partial charge on any atom is -0.335 e. The zero-order chi connectivity index (χ0) is 50.2. The minimum atomic E-state index is 0.0347. The second kappa shape index (κ2) is 24.0. The summed E-state index contributed by atoms with van der Waals surface area (Å²) in [5, 5.41) is 9.67. The summed E-state index contributed by atoms with van der Waals surface area (Å²) >= 11 is 0. The van der Waals surface area contributed by atoms with Crippen LogP contribution in [0.3, 0.4) is 0 Å². The Hall–Kier alpha value is -9.06. The van der Waals surface area contributed by atoms with Crippen molar-refractivity contribution in [3.8, 4) is 22.3 Å². The summed E-state index contributed by atoms with van der Waals surface area (Å²) in [6.07, 6.45) is 20.8. The molecular formula is C67H61N5. The summed E-state index contributed by atoms with van der Waals surface area (Å²) in [4.78, 5) is 12.0. The van der Waals surface area contributed by atoms with E-state index in [9.17, 15) is 5.41 Å². The van der Waals surface area contributed by atoms with E-state index in [1.807, 2.05) is 67.7 Å². The van der Waals surface area contributed by atoms with Crippen LogP contribution in [-0.2, 0) is 6.42 Å². The molecule has 8 rings (SSSR count). The average molecular weight is 936 g/mol. The van der Waals surface area contributed by atoms with Crippen LogP contribution in [0.5, 0.6) is 0 Å². The third kappa shape index (κ3) is 11.7. The number of hydrogen-bond donors (Lipinski definition) is 1. The van der Waals surface area contributed by atoms with E-state index < -0.39 is 0 Å². The van der Waals surface area contributed by atoms with E-state index >= 15 is 0 Å². The van der Waals surface area contributed by atoms with Gasteiger partial charge in [-0.3, -0.25) is 5.41 Å². The molecule has 0 saturated carbocycles. The highest BCUT2D eigenvalue weighted by Gasteiger charge is 2.28. The Kier molecular flexibility index (Phi) is 16.4. The molecule has 0 aromatic heterocycles. The summed E-state index contributed by atoms with van der Waals surface area (Å²) < 4.78 is 0.